The fourth-order valence-electron chi connectivity index (χ4n) is 3.96. The highest BCUT2D eigenvalue weighted by Crippen LogP contribution is 2.35. The number of sulfone groups is 1. The summed E-state index contributed by atoms with van der Waals surface area (Å²) >= 11 is 0. The number of anilines is 1. The third-order valence-electron chi connectivity index (χ3n) is 5.88. The van der Waals surface area contributed by atoms with Gasteiger partial charge in [-0.15, -0.1) is 0 Å². The average Bonchev–Trinajstić information content (AvgIpc) is 2.90. The number of methoxy groups -OCH3 is 4. The summed E-state index contributed by atoms with van der Waals surface area (Å²) in [6.07, 6.45) is 0.144. The van der Waals surface area contributed by atoms with Gasteiger partial charge in [-0.05, 0) is 41.8 Å². The van der Waals surface area contributed by atoms with Gasteiger partial charge in [-0.25, -0.2) is 17.6 Å². The Labute approximate surface area is 221 Å². The van der Waals surface area contributed by atoms with Gasteiger partial charge in [0.05, 0.1) is 45.6 Å². The molecule has 11 heteroatoms. The van der Waals surface area contributed by atoms with Crippen LogP contribution in [0.3, 0.4) is 0 Å². The second-order valence-electron chi connectivity index (χ2n) is 8.35. The van der Waals surface area contributed by atoms with Gasteiger partial charge >= 0.3 is 5.97 Å². The minimum atomic E-state index is -3.61. The Morgan fingerprint density at radius 3 is 2.03 bits per heavy atom. The van der Waals surface area contributed by atoms with Gasteiger partial charge in [0.25, 0.3) is 0 Å². The topological polar surface area (TPSA) is 120 Å². The molecule has 204 valence electrons. The van der Waals surface area contributed by atoms with Gasteiger partial charge in [0.2, 0.25) is 0 Å². The number of hydrogen-bond donors (Lipinski definition) is 2. The first-order valence-electron chi connectivity index (χ1n) is 11.5. The lowest BCUT2D eigenvalue weighted by Gasteiger charge is -2.19. The van der Waals surface area contributed by atoms with Gasteiger partial charge in [-0.2, -0.15) is 0 Å². The van der Waals surface area contributed by atoms with E-state index in [1.807, 2.05) is 0 Å². The summed E-state index contributed by atoms with van der Waals surface area (Å²) < 4.78 is 60.8. The third-order valence-corrected chi connectivity index (χ3v) is 7.48. The van der Waals surface area contributed by atoms with Gasteiger partial charge in [-0.3, -0.25) is 0 Å². The summed E-state index contributed by atoms with van der Waals surface area (Å²) in [5.74, 6) is -0.419. The number of aliphatic carboxylic acids is 1. The molecule has 0 aromatic heterocycles. The molecule has 3 aromatic rings. The Balaban J connectivity index is 1.82. The van der Waals surface area contributed by atoms with Crippen molar-refractivity contribution in [3.8, 4) is 23.0 Å². The first-order chi connectivity index (χ1) is 18.1. The van der Waals surface area contributed by atoms with Crippen LogP contribution in [0.4, 0.5) is 10.1 Å². The van der Waals surface area contributed by atoms with Gasteiger partial charge in [0.1, 0.15) is 28.8 Å². The van der Waals surface area contributed by atoms with Crippen LogP contribution in [0.1, 0.15) is 22.7 Å². The smallest absolute Gasteiger partial charge is 0.330 e. The predicted octanol–water partition coefficient (Wildman–Crippen LogP) is 4.26. The molecule has 0 aliphatic rings. The Bertz CT molecular complexity index is 1350. The van der Waals surface area contributed by atoms with E-state index >= 15 is 0 Å². The van der Waals surface area contributed by atoms with E-state index in [1.54, 1.807) is 24.3 Å². The van der Waals surface area contributed by atoms with Crippen LogP contribution in [-0.4, -0.2) is 53.7 Å². The van der Waals surface area contributed by atoms with Crippen LogP contribution in [-0.2, 0) is 26.8 Å². The van der Waals surface area contributed by atoms with E-state index in [1.165, 1.54) is 58.8 Å². The van der Waals surface area contributed by atoms with Crippen LogP contribution in [0, 0.1) is 5.82 Å². The molecule has 1 unspecified atom stereocenters. The monoisotopic (exact) mass is 547 g/mol. The van der Waals surface area contributed by atoms with Crippen molar-refractivity contribution in [2.45, 2.75) is 18.2 Å². The predicted molar refractivity (Wildman–Crippen MR) is 141 cm³/mol. The Morgan fingerprint density at radius 1 is 0.895 bits per heavy atom. The van der Waals surface area contributed by atoms with Crippen molar-refractivity contribution < 1.29 is 41.7 Å². The van der Waals surface area contributed by atoms with Crippen LogP contribution in [0.25, 0.3) is 0 Å². The van der Waals surface area contributed by atoms with Crippen molar-refractivity contribution in [1.29, 1.82) is 0 Å². The number of nitrogens with one attached hydrogen (secondary N) is 1. The molecule has 0 aliphatic heterocycles. The fraction of sp³-hybridized carbons (Fsp3) is 0.296. The van der Waals surface area contributed by atoms with Crippen molar-refractivity contribution >= 4 is 21.5 Å². The zero-order valence-electron chi connectivity index (χ0n) is 21.5. The summed E-state index contributed by atoms with van der Waals surface area (Å²) in [7, 11) is 2.28. The number of hydrogen-bond acceptors (Lipinski definition) is 8. The maximum atomic E-state index is 13.3. The number of halogens is 1. The van der Waals surface area contributed by atoms with E-state index in [4.69, 9.17) is 18.9 Å². The van der Waals surface area contributed by atoms with Crippen molar-refractivity contribution in [3.63, 3.8) is 0 Å². The summed E-state index contributed by atoms with van der Waals surface area (Å²) in [5, 5.41) is 12.6. The minimum Gasteiger partial charge on any atom is -0.496 e. The molecule has 0 fully saturated rings. The van der Waals surface area contributed by atoms with E-state index in [0.29, 0.717) is 39.7 Å². The number of carbonyl (C=O) groups is 1. The molecule has 9 nitrogen and oxygen atoms in total. The van der Waals surface area contributed by atoms with Gasteiger partial charge in [0.15, 0.2) is 15.9 Å². The number of rotatable bonds is 13. The van der Waals surface area contributed by atoms with Crippen LogP contribution in [0.2, 0.25) is 0 Å². The molecule has 0 aliphatic carbocycles. The molecule has 0 bridgehead atoms. The van der Waals surface area contributed by atoms with Crippen LogP contribution in [0.15, 0.2) is 54.6 Å². The molecule has 1 atom stereocenters. The SMILES string of the molecule is COc1cc(OC)c(CCS(=O)(=O)Cc2ccc(OC)c(NC(C(=O)O)c3ccc(F)cc3)c2)c(OC)c1. The second-order valence-corrected chi connectivity index (χ2v) is 10.5. The standard InChI is InChI=1S/C27H30FNO8S/c1-34-20-14-24(36-3)21(25(15-20)37-4)11-12-38(32,33)16-17-5-10-23(35-2)22(13-17)29-26(27(30)31)18-6-8-19(28)9-7-18/h5-10,13-15,26,29H,11-12,16H2,1-4H3,(H,30,31). The van der Waals surface area contributed by atoms with Crippen molar-refractivity contribution in [3.05, 3.63) is 77.1 Å². The molecule has 0 saturated heterocycles. The molecular formula is C27H30FNO8S. The highest BCUT2D eigenvalue weighted by Gasteiger charge is 2.23. The fourth-order valence-corrected chi connectivity index (χ4v) is 5.31. The Hall–Kier alpha value is -3.99. The molecule has 0 spiro atoms. The van der Waals surface area contributed by atoms with Crippen LogP contribution >= 0.6 is 0 Å². The van der Waals surface area contributed by atoms with E-state index in [0.717, 1.165) is 0 Å². The van der Waals surface area contributed by atoms with Crippen molar-refractivity contribution in [2.24, 2.45) is 0 Å². The maximum absolute atomic E-state index is 13.3. The van der Waals surface area contributed by atoms with Crippen molar-refractivity contribution in [2.75, 3.05) is 39.5 Å². The minimum absolute atomic E-state index is 0.144. The number of benzene rings is 3. The van der Waals surface area contributed by atoms with Crippen molar-refractivity contribution in [1.82, 2.24) is 0 Å². The highest BCUT2D eigenvalue weighted by molar-refractivity contribution is 7.90. The maximum Gasteiger partial charge on any atom is 0.330 e. The van der Waals surface area contributed by atoms with Crippen LogP contribution < -0.4 is 24.3 Å². The number of carboxylic acids is 1. The first kappa shape index (κ1) is 28.6. The molecule has 0 amide bonds. The Kier molecular flexibility index (Phi) is 9.40. The molecule has 3 aromatic carbocycles. The zero-order valence-corrected chi connectivity index (χ0v) is 22.3. The molecular weight excluding hydrogens is 517 g/mol. The quantitative estimate of drug-likeness (QED) is 0.323. The lowest BCUT2D eigenvalue weighted by atomic mass is 10.1. The molecule has 38 heavy (non-hydrogen) atoms. The third kappa shape index (κ3) is 7.06. The molecule has 0 heterocycles. The zero-order chi connectivity index (χ0) is 27.9. The Morgan fingerprint density at radius 2 is 1.50 bits per heavy atom. The largest absolute Gasteiger partial charge is 0.496 e. The van der Waals surface area contributed by atoms with E-state index < -0.39 is 27.7 Å². The van der Waals surface area contributed by atoms with Crippen LogP contribution in [0.5, 0.6) is 23.0 Å². The molecule has 2 N–H and O–H groups in total. The summed E-state index contributed by atoms with van der Waals surface area (Å²) in [4.78, 5) is 11.9. The van der Waals surface area contributed by atoms with Gasteiger partial charge < -0.3 is 29.4 Å². The summed E-state index contributed by atoms with van der Waals surface area (Å²) in [5.41, 5.74) is 1.64. The van der Waals surface area contributed by atoms with E-state index in [9.17, 15) is 22.7 Å². The average molecular weight is 548 g/mol. The number of carboxylic acid groups (broad SMARTS) is 1. The van der Waals surface area contributed by atoms with E-state index in [2.05, 4.69) is 5.32 Å². The molecule has 3 rings (SSSR count). The van der Waals surface area contributed by atoms with Gasteiger partial charge in [-0.1, -0.05) is 18.2 Å². The first-order valence-corrected chi connectivity index (χ1v) is 13.3. The lowest BCUT2D eigenvalue weighted by molar-refractivity contribution is -0.138. The number of ether oxygens (including phenoxy) is 4. The van der Waals surface area contributed by atoms with Gasteiger partial charge in [0, 0.05) is 17.7 Å². The van der Waals surface area contributed by atoms with E-state index in [-0.39, 0.29) is 23.6 Å². The summed E-state index contributed by atoms with van der Waals surface area (Å²) in [6, 6.07) is 11.9. The lowest BCUT2D eigenvalue weighted by Crippen LogP contribution is -2.21. The molecule has 0 saturated carbocycles. The normalized spacial score (nSPS) is 11.9. The molecule has 0 radical (unpaired) electrons. The highest BCUT2D eigenvalue weighted by atomic mass is 32.2. The summed E-state index contributed by atoms with van der Waals surface area (Å²) in [6.45, 7) is 0. The second kappa shape index (κ2) is 12.5.